The minimum absolute atomic E-state index is 0.150. The van der Waals surface area contributed by atoms with Gasteiger partial charge in [-0.05, 0) is 50.6 Å². The maximum absolute atomic E-state index is 14.8. The summed E-state index contributed by atoms with van der Waals surface area (Å²) in [5.74, 6) is -0.970. The van der Waals surface area contributed by atoms with Gasteiger partial charge in [0.25, 0.3) is 0 Å². The van der Waals surface area contributed by atoms with Crippen molar-refractivity contribution in [2.75, 3.05) is 24.6 Å². The Hall–Kier alpha value is -3.59. The van der Waals surface area contributed by atoms with E-state index in [0.29, 0.717) is 42.5 Å². The van der Waals surface area contributed by atoms with Crippen molar-refractivity contribution in [1.29, 1.82) is 0 Å². The van der Waals surface area contributed by atoms with Crippen LogP contribution in [0, 0.1) is 32.4 Å². The molecule has 33 heavy (non-hydrogen) atoms. The minimum atomic E-state index is -0.715. The smallest absolute Gasteiger partial charge is 0.228 e. The average molecular weight is 448 g/mol. The van der Waals surface area contributed by atoms with Crippen LogP contribution in [-0.4, -0.2) is 44.6 Å². The molecule has 0 amide bonds. The van der Waals surface area contributed by atoms with Crippen LogP contribution in [0.5, 0.6) is 0 Å². The van der Waals surface area contributed by atoms with Crippen molar-refractivity contribution in [2.24, 2.45) is 0 Å². The van der Waals surface area contributed by atoms with E-state index in [1.54, 1.807) is 6.20 Å². The first-order chi connectivity index (χ1) is 15.9. The molecular formula is C24H22F2N6O. The predicted molar refractivity (Wildman–Crippen MR) is 120 cm³/mol. The molecule has 1 atom stereocenters. The normalized spacial score (nSPS) is 16.4. The van der Waals surface area contributed by atoms with Gasteiger partial charge in [-0.2, -0.15) is 4.98 Å². The Morgan fingerprint density at radius 1 is 0.970 bits per heavy atom. The number of aryl methyl sites for hydroxylation is 3. The molecule has 168 valence electrons. The number of rotatable bonds is 3. The third-order valence-electron chi connectivity index (χ3n) is 5.76. The summed E-state index contributed by atoms with van der Waals surface area (Å²) >= 11 is 0. The fourth-order valence-corrected chi connectivity index (χ4v) is 3.91. The number of hydrogen-bond donors (Lipinski definition) is 0. The number of ether oxygens (including phenoxy) is 1. The fourth-order valence-electron chi connectivity index (χ4n) is 3.91. The summed E-state index contributed by atoms with van der Waals surface area (Å²) in [4.78, 5) is 24.7. The van der Waals surface area contributed by atoms with Gasteiger partial charge < -0.3 is 9.64 Å². The van der Waals surface area contributed by atoms with Crippen LogP contribution in [0.1, 0.15) is 28.7 Å². The van der Waals surface area contributed by atoms with Gasteiger partial charge in [0.15, 0.2) is 5.65 Å². The van der Waals surface area contributed by atoms with Gasteiger partial charge in [-0.15, -0.1) is 0 Å². The quantitative estimate of drug-likeness (QED) is 0.463. The molecule has 5 rings (SSSR count). The zero-order valence-corrected chi connectivity index (χ0v) is 18.5. The summed E-state index contributed by atoms with van der Waals surface area (Å²) in [6, 6.07) is 7.34. The molecular weight excluding hydrogens is 426 g/mol. The van der Waals surface area contributed by atoms with E-state index >= 15 is 0 Å². The zero-order chi connectivity index (χ0) is 23.1. The summed E-state index contributed by atoms with van der Waals surface area (Å²) in [5.41, 5.74) is 4.52. The van der Waals surface area contributed by atoms with Crippen molar-refractivity contribution < 1.29 is 13.5 Å². The van der Waals surface area contributed by atoms with E-state index < -0.39 is 11.6 Å². The van der Waals surface area contributed by atoms with E-state index in [0.717, 1.165) is 23.0 Å². The highest BCUT2D eigenvalue weighted by Gasteiger charge is 2.26. The molecule has 3 aromatic heterocycles. The monoisotopic (exact) mass is 448 g/mol. The lowest BCUT2D eigenvalue weighted by atomic mass is 10.1. The van der Waals surface area contributed by atoms with Crippen molar-refractivity contribution in [2.45, 2.75) is 26.9 Å². The summed E-state index contributed by atoms with van der Waals surface area (Å²) in [6.07, 6.45) is 1.58. The molecule has 4 aromatic rings. The summed E-state index contributed by atoms with van der Waals surface area (Å²) in [6.45, 7) is 7.16. The van der Waals surface area contributed by atoms with E-state index in [1.165, 1.54) is 12.1 Å². The summed E-state index contributed by atoms with van der Waals surface area (Å²) in [7, 11) is 0. The van der Waals surface area contributed by atoms with Crippen LogP contribution in [0.2, 0.25) is 0 Å². The summed E-state index contributed by atoms with van der Waals surface area (Å²) < 4.78 is 34.3. The molecule has 0 aliphatic carbocycles. The number of anilines is 1. The summed E-state index contributed by atoms with van der Waals surface area (Å²) in [5, 5.41) is 0. The molecule has 7 nitrogen and oxygen atoms in total. The van der Waals surface area contributed by atoms with Crippen LogP contribution in [0.4, 0.5) is 14.7 Å². The van der Waals surface area contributed by atoms with Gasteiger partial charge in [-0.25, -0.2) is 23.7 Å². The average Bonchev–Trinajstić information content (AvgIpc) is 2.80. The van der Waals surface area contributed by atoms with Crippen molar-refractivity contribution in [3.8, 4) is 11.3 Å². The lowest BCUT2D eigenvalue weighted by Crippen LogP contribution is -2.39. The number of fused-ring (bicyclic) bond motifs is 1. The predicted octanol–water partition coefficient (Wildman–Crippen LogP) is 4.26. The maximum atomic E-state index is 14.8. The molecule has 1 aliphatic rings. The van der Waals surface area contributed by atoms with E-state index in [1.807, 2.05) is 37.8 Å². The first-order valence-corrected chi connectivity index (χ1v) is 10.7. The molecule has 0 radical (unpaired) electrons. The second kappa shape index (κ2) is 8.40. The molecule has 0 N–H and O–H groups in total. The van der Waals surface area contributed by atoms with E-state index in [-0.39, 0.29) is 17.4 Å². The molecule has 9 heteroatoms. The number of nitrogens with zero attached hydrogens (tertiary/aromatic N) is 6. The zero-order valence-electron chi connectivity index (χ0n) is 18.5. The topological polar surface area (TPSA) is 76.9 Å². The number of aromatic nitrogens is 5. The van der Waals surface area contributed by atoms with Crippen LogP contribution >= 0.6 is 0 Å². The standard InChI is InChI=1S/C24H22F2N6O/c1-13-10-16(6-7-27-13)20-12-32(8-9-33-20)24-30-21(18-5-4-17(25)11-19(18)26)22-23(31-24)29-15(3)14(2)28-22/h4-7,10-11,20H,8-9,12H2,1-3H3/t20-/m1/s1. The molecule has 1 saturated heterocycles. The lowest BCUT2D eigenvalue weighted by Gasteiger charge is -2.33. The SMILES string of the molecule is Cc1cc([C@H]2CN(c3nc(-c4ccc(F)cc4F)c4nc(C)c(C)nc4n3)CCO2)ccn1. The Morgan fingerprint density at radius 2 is 1.79 bits per heavy atom. The Balaban J connectivity index is 1.62. The number of halogens is 2. The van der Waals surface area contributed by atoms with Crippen LogP contribution in [-0.2, 0) is 4.74 Å². The van der Waals surface area contributed by atoms with Gasteiger partial charge in [0, 0.05) is 30.1 Å². The molecule has 0 unspecified atom stereocenters. The first kappa shape index (κ1) is 21.3. The second-order valence-electron chi connectivity index (χ2n) is 8.10. The Labute approximate surface area is 189 Å². The van der Waals surface area contributed by atoms with Crippen LogP contribution < -0.4 is 4.90 Å². The van der Waals surface area contributed by atoms with Crippen molar-refractivity contribution in [3.63, 3.8) is 0 Å². The molecule has 1 fully saturated rings. The molecule has 4 heterocycles. The highest BCUT2D eigenvalue weighted by atomic mass is 19.1. The maximum Gasteiger partial charge on any atom is 0.228 e. The van der Waals surface area contributed by atoms with Crippen LogP contribution in [0.3, 0.4) is 0 Å². The van der Waals surface area contributed by atoms with E-state index in [9.17, 15) is 8.78 Å². The fraction of sp³-hybridized carbons (Fsp3) is 0.292. The number of morpholine rings is 1. The van der Waals surface area contributed by atoms with Crippen molar-refractivity contribution in [3.05, 3.63) is 70.8 Å². The lowest BCUT2D eigenvalue weighted by molar-refractivity contribution is 0.0391. The Bertz CT molecular complexity index is 1360. The highest BCUT2D eigenvalue weighted by molar-refractivity contribution is 5.88. The Morgan fingerprint density at radius 3 is 2.58 bits per heavy atom. The van der Waals surface area contributed by atoms with Crippen LogP contribution in [0.15, 0.2) is 36.5 Å². The van der Waals surface area contributed by atoms with Gasteiger partial charge in [0.05, 0.1) is 24.5 Å². The van der Waals surface area contributed by atoms with E-state index in [2.05, 4.69) is 24.9 Å². The molecule has 0 spiro atoms. The highest BCUT2D eigenvalue weighted by Crippen LogP contribution is 2.31. The van der Waals surface area contributed by atoms with Gasteiger partial charge >= 0.3 is 0 Å². The van der Waals surface area contributed by atoms with Gasteiger partial charge in [0.2, 0.25) is 5.95 Å². The number of pyridine rings is 1. The number of benzene rings is 1. The molecule has 1 aromatic carbocycles. The molecule has 1 aliphatic heterocycles. The number of hydrogen-bond acceptors (Lipinski definition) is 7. The molecule has 0 bridgehead atoms. The van der Waals surface area contributed by atoms with Crippen molar-refractivity contribution >= 4 is 17.1 Å². The van der Waals surface area contributed by atoms with Crippen LogP contribution in [0.25, 0.3) is 22.4 Å². The second-order valence-corrected chi connectivity index (χ2v) is 8.10. The van der Waals surface area contributed by atoms with Crippen molar-refractivity contribution in [1.82, 2.24) is 24.9 Å². The first-order valence-electron chi connectivity index (χ1n) is 10.7. The molecule has 0 saturated carbocycles. The minimum Gasteiger partial charge on any atom is -0.370 e. The van der Waals surface area contributed by atoms with Gasteiger partial charge in [-0.3, -0.25) is 4.98 Å². The Kier molecular flexibility index (Phi) is 5.41. The third kappa shape index (κ3) is 4.11. The largest absolute Gasteiger partial charge is 0.370 e. The van der Waals surface area contributed by atoms with Gasteiger partial charge in [0.1, 0.15) is 28.9 Å². The third-order valence-corrected chi connectivity index (χ3v) is 5.76. The van der Waals surface area contributed by atoms with Gasteiger partial charge in [-0.1, -0.05) is 0 Å². The van der Waals surface area contributed by atoms with E-state index in [4.69, 9.17) is 4.74 Å².